The van der Waals surface area contributed by atoms with Crippen LogP contribution in [0.15, 0.2) is 48.1 Å². The molecule has 8 atom stereocenters. The van der Waals surface area contributed by atoms with Gasteiger partial charge in [-0.2, -0.15) is 0 Å². The smallest absolute Gasteiger partial charge is 0.339 e. The molecule has 4 aliphatic carbocycles. The van der Waals surface area contributed by atoms with Gasteiger partial charge in [0.25, 0.3) is 0 Å². The van der Waals surface area contributed by atoms with Crippen molar-refractivity contribution in [3.63, 3.8) is 0 Å². The second kappa shape index (κ2) is 7.04. The number of aliphatic hydroxyl groups is 1. The summed E-state index contributed by atoms with van der Waals surface area (Å²) in [5, 5.41) is 23.8. The van der Waals surface area contributed by atoms with Crippen molar-refractivity contribution in [3.8, 4) is 0 Å². The van der Waals surface area contributed by atoms with Crippen LogP contribution in [-0.4, -0.2) is 45.9 Å². The first-order valence-electron chi connectivity index (χ1n) is 12.6. The zero-order chi connectivity index (χ0) is 25.0. The molecule has 1 aromatic carbocycles. The van der Waals surface area contributed by atoms with Gasteiger partial charge in [0, 0.05) is 22.7 Å². The molecule has 35 heavy (non-hydrogen) atoms. The number of ketones is 1. The topological polar surface area (TPSA) is 87.1 Å². The number of rotatable bonds is 2. The number of halogens is 1. The van der Waals surface area contributed by atoms with Crippen molar-refractivity contribution in [1.82, 2.24) is 0 Å². The van der Waals surface area contributed by atoms with Crippen LogP contribution in [0, 0.1) is 35.5 Å². The van der Waals surface area contributed by atoms with Crippen LogP contribution in [0.1, 0.15) is 45.1 Å². The molecule has 3 saturated carbocycles. The summed E-state index contributed by atoms with van der Waals surface area (Å²) < 4.78 is 17.3. The van der Waals surface area contributed by atoms with E-state index in [0.29, 0.717) is 25.8 Å². The molecule has 186 valence electrons. The molecule has 0 aromatic heterocycles. The number of carboxylic acid groups (broad SMARTS) is 1. The van der Waals surface area contributed by atoms with Crippen LogP contribution in [0.3, 0.4) is 0 Å². The normalized spacial score (nSPS) is 45.9. The SMILES string of the molecule is Cc1ccccc1N1C[C@@H]2C[C@H]3[C@@H]4CCC5=CC(=O)C=C[C@]5(C)[C@@]4(F)[C@@H](O)C[C@]3(C)[C@]2(C(=O)O)O1. The van der Waals surface area contributed by atoms with E-state index in [1.807, 2.05) is 38.1 Å². The zero-order valence-electron chi connectivity index (χ0n) is 20.3. The summed E-state index contributed by atoms with van der Waals surface area (Å²) in [6.45, 7) is 6.02. The van der Waals surface area contributed by atoms with Gasteiger partial charge in [0.15, 0.2) is 11.5 Å². The predicted octanol–water partition coefficient (Wildman–Crippen LogP) is 4.17. The monoisotopic (exact) mass is 481 g/mol. The lowest BCUT2D eigenvalue weighted by Crippen LogP contribution is -2.69. The average molecular weight is 482 g/mol. The zero-order valence-corrected chi connectivity index (χ0v) is 20.3. The number of alkyl halides is 1. The highest BCUT2D eigenvalue weighted by atomic mass is 19.1. The van der Waals surface area contributed by atoms with Crippen molar-refractivity contribution in [2.24, 2.45) is 28.6 Å². The molecule has 4 fully saturated rings. The molecule has 2 N–H and O–H groups in total. The Morgan fingerprint density at radius 3 is 2.69 bits per heavy atom. The lowest BCUT2D eigenvalue weighted by Gasteiger charge is -2.62. The van der Waals surface area contributed by atoms with E-state index in [4.69, 9.17) is 4.84 Å². The van der Waals surface area contributed by atoms with Crippen LogP contribution in [0.2, 0.25) is 0 Å². The molecule has 1 aromatic rings. The molecule has 0 radical (unpaired) electrons. The minimum Gasteiger partial charge on any atom is -0.479 e. The Balaban J connectivity index is 1.43. The van der Waals surface area contributed by atoms with Crippen LogP contribution < -0.4 is 5.06 Å². The first kappa shape index (κ1) is 22.9. The highest BCUT2D eigenvalue weighted by Gasteiger charge is 2.79. The maximum absolute atomic E-state index is 17.3. The minimum atomic E-state index is -1.98. The molecule has 1 heterocycles. The van der Waals surface area contributed by atoms with E-state index in [-0.39, 0.29) is 24.0 Å². The summed E-state index contributed by atoms with van der Waals surface area (Å²) in [5.41, 5.74) is -3.03. The number of aliphatic hydroxyl groups excluding tert-OH is 1. The second-order valence-corrected chi connectivity index (χ2v) is 11.7. The number of hydrogen-bond donors (Lipinski definition) is 2. The Kier molecular flexibility index (Phi) is 4.61. The number of carboxylic acids is 1. The molecule has 0 unspecified atom stereocenters. The van der Waals surface area contributed by atoms with Gasteiger partial charge in [-0.3, -0.25) is 14.7 Å². The maximum Gasteiger partial charge on any atom is 0.339 e. The number of carbonyl (C=O) groups is 2. The van der Waals surface area contributed by atoms with E-state index in [0.717, 1.165) is 16.8 Å². The molecule has 6 rings (SSSR count). The Bertz CT molecular complexity index is 1200. The van der Waals surface area contributed by atoms with Crippen LogP contribution in [-0.2, 0) is 14.4 Å². The quantitative estimate of drug-likeness (QED) is 0.660. The van der Waals surface area contributed by atoms with Gasteiger partial charge in [-0.25, -0.2) is 9.18 Å². The minimum absolute atomic E-state index is 0.0142. The van der Waals surface area contributed by atoms with Gasteiger partial charge >= 0.3 is 5.97 Å². The number of para-hydroxylation sites is 1. The van der Waals surface area contributed by atoms with E-state index in [1.54, 1.807) is 18.1 Å². The maximum atomic E-state index is 17.3. The number of nitrogens with zero attached hydrogens (tertiary/aromatic N) is 1. The summed E-state index contributed by atoms with van der Waals surface area (Å²) >= 11 is 0. The number of hydrogen-bond acceptors (Lipinski definition) is 5. The summed E-state index contributed by atoms with van der Waals surface area (Å²) in [5.74, 6) is -2.33. The number of anilines is 1. The first-order chi connectivity index (χ1) is 16.5. The third-order valence-corrected chi connectivity index (χ3v) is 10.3. The van der Waals surface area contributed by atoms with Gasteiger partial charge < -0.3 is 10.2 Å². The highest BCUT2D eigenvalue weighted by molar-refractivity contribution is 6.01. The molecular weight excluding hydrogens is 449 g/mol. The number of fused-ring (bicyclic) bond motifs is 7. The van der Waals surface area contributed by atoms with Gasteiger partial charge in [-0.1, -0.05) is 36.8 Å². The van der Waals surface area contributed by atoms with Crippen LogP contribution >= 0.6 is 0 Å². The molecule has 5 aliphatic rings. The number of benzene rings is 1. The van der Waals surface area contributed by atoms with Crippen molar-refractivity contribution < 1.29 is 29.0 Å². The van der Waals surface area contributed by atoms with Crippen LogP contribution in [0.5, 0.6) is 0 Å². The average Bonchev–Trinajstić information content (AvgIpc) is 3.30. The van der Waals surface area contributed by atoms with Gasteiger partial charge in [0.1, 0.15) is 0 Å². The lowest BCUT2D eigenvalue weighted by molar-refractivity contribution is -0.229. The van der Waals surface area contributed by atoms with Gasteiger partial charge in [0.2, 0.25) is 5.60 Å². The molecule has 1 saturated heterocycles. The van der Waals surface area contributed by atoms with Crippen LogP contribution in [0.4, 0.5) is 10.1 Å². The van der Waals surface area contributed by atoms with Crippen molar-refractivity contribution in [2.75, 3.05) is 11.6 Å². The van der Waals surface area contributed by atoms with Gasteiger partial charge in [0.05, 0.1) is 18.3 Å². The Labute approximate surface area is 204 Å². The molecular formula is C28H32FNO5. The van der Waals surface area contributed by atoms with Crippen molar-refractivity contribution in [3.05, 3.63) is 53.6 Å². The van der Waals surface area contributed by atoms with E-state index in [9.17, 15) is 19.8 Å². The fourth-order valence-corrected chi connectivity index (χ4v) is 8.60. The van der Waals surface area contributed by atoms with Crippen molar-refractivity contribution >= 4 is 17.4 Å². The summed E-state index contributed by atoms with van der Waals surface area (Å²) in [6.07, 6.45) is 4.70. The molecule has 0 bridgehead atoms. The third kappa shape index (κ3) is 2.56. The first-order valence-corrected chi connectivity index (χ1v) is 12.6. The Morgan fingerprint density at radius 2 is 1.97 bits per heavy atom. The van der Waals surface area contributed by atoms with E-state index in [2.05, 4.69) is 0 Å². The standard InChI is InChI=1S/C28H32FNO5/c1-16-6-4-5-7-22(16)30-15-18-13-21-20-9-8-17-12-19(31)10-11-25(17,2)27(20,29)23(32)14-26(21,3)28(18,35-30)24(33)34/h4-7,10-12,18,20-21,23,32H,8-9,13-15H2,1-3H3,(H,33,34)/t18-,20-,21-,23-,25-,26-,27-,28-/m0/s1. The Hall–Kier alpha value is -2.51. The fourth-order valence-electron chi connectivity index (χ4n) is 8.60. The summed E-state index contributed by atoms with van der Waals surface area (Å²) in [6, 6.07) is 7.71. The molecule has 0 spiro atoms. The Morgan fingerprint density at radius 1 is 1.23 bits per heavy atom. The fraction of sp³-hybridized carbons (Fsp3) is 0.571. The van der Waals surface area contributed by atoms with Crippen LogP contribution in [0.25, 0.3) is 0 Å². The summed E-state index contributed by atoms with van der Waals surface area (Å²) in [7, 11) is 0. The van der Waals surface area contributed by atoms with Gasteiger partial charge in [-0.05, 0) is 69.2 Å². The largest absolute Gasteiger partial charge is 0.479 e. The van der Waals surface area contributed by atoms with E-state index >= 15 is 4.39 Å². The molecule has 7 heteroatoms. The number of allylic oxidation sites excluding steroid dienone is 4. The highest BCUT2D eigenvalue weighted by Crippen LogP contribution is 2.72. The number of aliphatic carboxylic acids is 1. The molecule has 1 aliphatic heterocycles. The lowest BCUT2D eigenvalue weighted by atomic mass is 9.45. The van der Waals surface area contributed by atoms with E-state index < -0.39 is 40.1 Å². The third-order valence-electron chi connectivity index (χ3n) is 10.3. The second-order valence-electron chi connectivity index (χ2n) is 11.7. The molecule has 0 amide bonds. The molecule has 6 nitrogen and oxygen atoms in total. The predicted molar refractivity (Wildman–Crippen MR) is 127 cm³/mol. The van der Waals surface area contributed by atoms with Gasteiger partial charge in [-0.15, -0.1) is 0 Å². The number of aryl methyl sites for hydroxylation is 1. The van der Waals surface area contributed by atoms with Crippen molar-refractivity contribution in [2.45, 2.75) is 63.8 Å². The number of carbonyl (C=O) groups excluding carboxylic acids is 1. The summed E-state index contributed by atoms with van der Waals surface area (Å²) in [4.78, 5) is 31.5. The number of hydroxylamine groups is 1. The van der Waals surface area contributed by atoms with Crippen molar-refractivity contribution in [1.29, 1.82) is 0 Å². The van der Waals surface area contributed by atoms with E-state index in [1.165, 1.54) is 12.2 Å².